The first-order valence-electron chi connectivity index (χ1n) is 9.68. The Balaban J connectivity index is 1.78. The molecule has 0 fully saturated rings. The smallest absolute Gasteiger partial charge is 0.234 e. The minimum atomic E-state index is -0.215. The van der Waals surface area contributed by atoms with Gasteiger partial charge in [0.2, 0.25) is 5.91 Å². The summed E-state index contributed by atoms with van der Waals surface area (Å²) < 4.78 is 0. The molecule has 0 saturated heterocycles. The lowest BCUT2D eigenvalue weighted by atomic mass is 9.99. The van der Waals surface area contributed by atoms with Crippen LogP contribution in [0.1, 0.15) is 42.9 Å². The van der Waals surface area contributed by atoms with Gasteiger partial charge in [-0.3, -0.25) is 4.79 Å². The van der Waals surface area contributed by atoms with Crippen molar-refractivity contribution in [3.63, 3.8) is 0 Å². The Morgan fingerprint density at radius 3 is 2.52 bits per heavy atom. The number of nitrogens with one attached hydrogen (secondary N) is 1. The van der Waals surface area contributed by atoms with E-state index >= 15 is 0 Å². The number of rotatable bonds is 7. The summed E-state index contributed by atoms with van der Waals surface area (Å²) in [7, 11) is 0. The highest BCUT2D eigenvalue weighted by Crippen LogP contribution is 2.37. The number of hydrogen-bond acceptors (Lipinski definition) is 7. The van der Waals surface area contributed by atoms with E-state index in [0.29, 0.717) is 22.2 Å². The van der Waals surface area contributed by atoms with Crippen LogP contribution in [0.25, 0.3) is 10.4 Å². The van der Waals surface area contributed by atoms with Crippen molar-refractivity contribution in [1.82, 2.24) is 4.98 Å². The first-order valence-corrected chi connectivity index (χ1v) is 11.5. The van der Waals surface area contributed by atoms with Gasteiger partial charge in [-0.2, -0.15) is 10.5 Å². The highest BCUT2D eigenvalue weighted by atomic mass is 32.2. The lowest BCUT2D eigenvalue weighted by Crippen LogP contribution is -2.14. The number of thioether (sulfide) groups is 1. The number of carbonyl (C=O) groups excluding carboxylic acids is 1. The number of nitriles is 2. The molecule has 3 rings (SSSR count). The fourth-order valence-electron chi connectivity index (χ4n) is 3.03. The van der Waals surface area contributed by atoms with E-state index in [1.165, 1.54) is 16.9 Å². The van der Waals surface area contributed by atoms with Gasteiger partial charge in [-0.15, -0.1) is 11.3 Å². The second-order valence-electron chi connectivity index (χ2n) is 6.90. The Hall–Kier alpha value is -3.33. The van der Waals surface area contributed by atoms with Crippen LogP contribution in [-0.2, 0) is 4.79 Å². The lowest BCUT2D eigenvalue weighted by Gasteiger charge is -2.12. The molecule has 0 aliphatic rings. The summed E-state index contributed by atoms with van der Waals surface area (Å²) in [6.07, 6.45) is 1.05. The molecule has 0 aliphatic carbocycles. The summed E-state index contributed by atoms with van der Waals surface area (Å²) in [5.74, 6) is 0.362. The summed E-state index contributed by atoms with van der Waals surface area (Å²) in [4.78, 5) is 17.4. The molecule has 0 aliphatic heterocycles. The summed E-state index contributed by atoms with van der Waals surface area (Å²) in [5, 5.41) is 24.3. The van der Waals surface area contributed by atoms with Gasteiger partial charge in [0.05, 0.1) is 11.3 Å². The summed E-state index contributed by atoms with van der Waals surface area (Å²) >= 11 is 2.53. The number of anilines is 2. The standard InChI is InChI=1S/C23H21N5OS2/c1-3-14(2)15-6-8-16(9-7-15)27-20(29)13-31-23-18(12-25)21(19-5-4-10-30-19)17(11-24)22(26)28-23/h4-10,14H,3,13H2,1-2H3,(H2,26,28)(H,27,29)/t14-/m0/s1. The number of hydrogen-bond donors (Lipinski definition) is 2. The fourth-order valence-corrected chi connectivity index (χ4v) is 4.61. The third kappa shape index (κ3) is 5.05. The molecule has 1 atom stereocenters. The van der Waals surface area contributed by atoms with Gasteiger partial charge >= 0.3 is 0 Å². The molecule has 0 spiro atoms. The molecule has 1 aromatic carbocycles. The van der Waals surface area contributed by atoms with Gasteiger partial charge < -0.3 is 11.1 Å². The number of pyridine rings is 1. The Morgan fingerprint density at radius 1 is 1.23 bits per heavy atom. The van der Waals surface area contributed by atoms with Crippen LogP contribution in [0.2, 0.25) is 0 Å². The van der Waals surface area contributed by atoms with Gasteiger partial charge in [-0.1, -0.05) is 43.8 Å². The molecule has 31 heavy (non-hydrogen) atoms. The van der Waals surface area contributed by atoms with Crippen molar-refractivity contribution in [1.29, 1.82) is 10.5 Å². The van der Waals surface area contributed by atoms with Crippen LogP contribution in [0, 0.1) is 22.7 Å². The summed E-state index contributed by atoms with van der Waals surface area (Å²) in [5.41, 5.74) is 8.83. The maximum absolute atomic E-state index is 12.5. The van der Waals surface area contributed by atoms with Crippen molar-refractivity contribution >= 4 is 40.5 Å². The number of benzene rings is 1. The number of nitrogens with two attached hydrogens (primary N) is 1. The van der Waals surface area contributed by atoms with E-state index in [9.17, 15) is 15.3 Å². The predicted octanol–water partition coefficient (Wildman–Crippen LogP) is 5.38. The number of aromatic nitrogens is 1. The number of nitrogen functional groups attached to an aromatic ring is 1. The molecule has 156 valence electrons. The fraction of sp³-hybridized carbons (Fsp3) is 0.217. The van der Waals surface area contributed by atoms with Crippen molar-refractivity contribution in [2.24, 2.45) is 0 Å². The molecule has 3 N–H and O–H groups in total. The van der Waals surface area contributed by atoms with Crippen LogP contribution in [-0.4, -0.2) is 16.6 Å². The molecule has 8 heteroatoms. The molecule has 2 aromatic heterocycles. The maximum atomic E-state index is 12.5. The topological polar surface area (TPSA) is 116 Å². The van der Waals surface area contributed by atoms with Crippen molar-refractivity contribution in [3.8, 4) is 22.6 Å². The number of carbonyl (C=O) groups is 1. The van der Waals surface area contributed by atoms with Crippen molar-refractivity contribution in [3.05, 3.63) is 58.5 Å². The van der Waals surface area contributed by atoms with Crippen molar-refractivity contribution in [2.45, 2.75) is 31.2 Å². The van der Waals surface area contributed by atoms with E-state index in [0.717, 1.165) is 23.1 Å². The molecule has 0 saturated carbocycles. The quantitative estimate of drug-likeness (QED) is 0.470. The first-order chi connectivity index (χ1) is 15.0. The second kappa shape index (κ2) is 10.1. The number of nitrogens with zero attached hydrogens (tertiary/aromatic N) is 3. The van der Waals surface area contributed by atoms with E-state index in [1.807, 2.05) is 47.8 Å². The normalized spacial score (nSPS) is 11.4. The molecule has 0 unspecified atom stereocenters. The Labute approximate surface area is 189 Å². The van der Waals surface area contributed by atoms with Crippen LogP contribution < -0.4 is 11.1 Å². The molecule has 6 nitrogen and oxygen atoms in total. The Bertz CT molecular complexity index is 1160. The van der Waals surface area contributed by atoms with Crippen LogP contribution in [0.4, 0.5) is 11.5 Å². The molecule has 0 radical (unpaired) electrons. The Kier molecular flexibility index (Phi) is 7.30. The van der Waals surface area contributed by atoms with Crippen LogP contribution in [0.5, 0.6) is 0 Å². The molecule has 0 bridgehead atoms. The SMILES string of the molecule is CC[C@H](C)c1ccc(NC(=O)CSc2nc(N)c(C#N)c(-c3cccs3)c2C#N)cc1. The molecule has 2 heterocycles. The number of thiophene rings is 1. The summed E-state index contributed by atoms with van der Waals surface area (Å²) in [6, 6.07) is 15.6. The van der Waals surface area contributed by atoms with Gasteiger partial charge in [-0.25, -0.2) is 4.98 Å². The largest absolute Gasteiger partial charge is 0.383 e. The van der Waals surface area contributed by atoms with Crippen molar-refractivity contribution < 1.29 is 4.79 Å². The van der Waals surface area contributed by atoms with E-state index in [4.69, 9.17) is 5.73 Å². The Morgan fingerprint density at radius 2 is 1.94 bits per heavy atom. The van der Waals surface area contributed by atoms with Crippen LogP contribution in [0.3, 0.4) is 0 Å². The highest BCUT2D eigenvalue weighted by Gasteiger charge is 2.21. The third-order valence-corrected chi connectivity index (χ3v) is 6.76. The number of amides is 1. The summed E-state index contributed by atoms with van der Waals surface area (Å²) in [6.45, 7) is 4.30. The van der Waals surface area contributed by atoms with Gasteiger partial charge in [-0.05, 0) is 41.5 Å². The molecular weight excluding hydrogens is 426 g/mol. The minimum Gasteiger partial charge on any atom is -0.383 e. The third-order valence-electron chi connectivity index (χ3n) is 4.90. The van der Waals surface area contributed by atoms with E-state index in [-0.39, 0.29) is 28.6 Å². The van der Waals surface area contributed by atoms with Gasteiger partial charge in [0.1, 0.15) is 28.5 Å². The average Bonchev–Trinajstić information content (AvgIpc) is 3.31. The molecule has 1 amide bonds. The molecule has 3 aromatic rings. The first kappa shape index (κ1) is 22.4. The predicted molar refractivity (Wildman–Crippen MR) is 126 cm³/mol. The van der Waals surface area contributed by atoms with Crippen molar-refractivity contribution in [2.75, 3.05) is 16.8 Å². The van der Waals surface area contributed by atoms with E-state index in [2.05, 4.69) is 30.2 Å². The minimum absolute atomic E-state index is 0.0495. The van der Waals surface area contributed by atoms with E-state index < -0.39 is 0 Å². The van der Waals surface area contributed by atoms with Gasteiger partial charge in [0.25, 0.3) is 0 Å². The monoisotopic (exact) mass is 447 g/mol. The van der Waals surface area contributed by atoms with Gasteiger partial charge in [0.15, 0.2) is 0 Å². The zero-order chi connectivity index (χ0) is 22.4. The zero-order valence-corrected chi connectivity index (χ0v) is 18.8. The van der Waals surface area contributed by atoms with Crippen LogP contribution in [0.15, 0.2) is 46.8 Å². The van der Waals surface area contributed by atoms with Gasteiger partial charge in [0, 0.05) is 16.1 Å². The average molecular weight is 448 g/mol. The molecular formula is C23H21N5OS2. The van der Waals surface area contributed by atoms with Crippen LogP contribution >= 0.6 is 23.1 Å². The lowest BCUT2D eigenvalue weighted by molar-refractivity contribution is -0.113. The zero-order valence-electron chi connectivity index (χ0n) is 17.2. The highest BCUT2D eigenvalue weighted by molar-refractivity contribution is 8.00. The second-order valence-corrected chi connectivity index (χ2v) is 8.81. The maximum Gasteiger partial charge on any atom is 0.234 e. The van der Waals surface area contributed by atoms with E-state index in [1.54, 1.807) is 0 Å².